The molecule has 1 aromatic rings. The van der Waals surface area contributed by atoms with Gasteiger partial charge >= 0.3 is 0 Å². The zero-order valence-corrected chi connectivity index (χ0v) is 14.5. The van der Waals surface area contributed by atoms with Gasteiger partial charge in [-0.2, -0.15) is 0 Å². The number of amides is 2. The van der Waals surface area contributed by atoms with E-state index in [-0.39, 0.29) is 36.6 Å². The monoisotopic (exact) mass is 355 g/mol. The summed E-state index contributed by atoms with van der Waals surface area (Å²) in [6.07, 6.45) is 1.87. The highest BCUT2D eigenvalue weighted by Crippen LogP contribution is 2.17. The lowest BCUT2D eigenvalue weighted by Gasteiger charge is -2.26. The van der Waals surface area contributed by atoms with E-state index in [4.69, 9.17) is 10.5 Å². The minimum absolute atomic E-state index is 0. The number of benzene rings is 1. The van der Waals surface area contributed by atoms with E-state index in [1.165, 1.54) is 0 Å². The third-order valence-electron chi connectivity index (χ3n) is 4.06. The topological polar surface area (TPSA) is 93.5 Å². The van der Waals surface area contributed by atoms with Crippen LogP contribution in [0.25, 0.3) is 0 Å². The number of hydrogen-bond donors (Lipinski definition) is 3. The van der Waals surface area contributed by atoms with E-state index in [0.717, 1.165) is 18.4 Å². The second-order valence-corrected chi connectivity index (χ2v) is 5.78. The van der Waals surface area contributed by atoms with Crippen molar-refractivity contribution >= 4 is 24.2 Å². The van der Waals surface area contributed by atoms with Crippen LogP contribution < -0.4 is 16.4 Å². The Balaban J connectivity index is 0.00000288. The van der Waals surface area contributed by atoms with E-state index in [9.17, 15) is 9.59 Å². The number of carbonyl (C=O) groups excluding carboxylic acids is 2. The largest absolute Gasteiger partial charge is 0.381 e. The zero-order chi connectivity index (χ0) is 16.5. The molecule has 0 spiro atoms. The van der Waals surface area contributed by atoms with Crippen molar-refractivity contribution in [3.05, 3.63) is 35.9 Å². The van der Waals surface area contributed by atoms with Crippen LogP contribution in [0.3, 0.4) is 0 Å². The molecule has 4 N–H and O–H groups in total. The van der Waals surface area contributed by atoms with Crippen molar-refractivity contribution in [1.29, 1.82) is 0 Å². The molecule has 1 fully saturated rings. The lowest BCUT2D eigenvalue weighted by Crippen LogP contribution is -2.47. The van der Waals surface area contributed by atoms with Gasteiger partial charge in [-0.15, -0.1) is 12.4 Å². The van der Waals surface area contributed by atoms with E-state index in [0.29, 0.717) is 26.3 Å². The number of nitrogens with one attached hydrogen (secondary N) is 2. The fourth-order valence-electron chi connectivity index (χ4n) is 2.59. The summed E-state index contributed by atoms with van der Waals surface area (Å²) in [5, 5.41) is 5.57. The summed E-state index contributed by atoms with van der Waals surface area (Å²) in [6.45, 7) is 2.12. The average Bonchev–Trinajstić information content (AvgIpc) is 2.61. The van der Waals surface area contributed by atoms with E-state index < -0.39 is 6.04 Å². The third-order valence-corrected chi connectivity index (χ3v) is 4.06. The summed E-state index contributed by atoms with van der Waals surface area (Å²) in [5.74, 6) is -0.114. The molecule has 1 unspecified atom stereocenters. The second kappa shape index (κ2) is 11.0. The Labute approximate surface area is 148 Å². The van der Waals surface area contributed by atoms with Crippen LogP contribution in [-0.2, 0) is 20.9 Å². The zero-order valence-electron chi connectivity index (χ0n) is 13.7. The quantitative estimate of drug-likeness (QED) is 0.679. The van der Waals surface area contributed by atoms with Gasteiger partial charge in [-0.1, -0.05) is 30.3 Å². The summed E-state index contributed by atoms with van der Waals surface area (Å²) in [6, 6.07) is 9.18. The number of halogens is 1. The Morgan fingerprint density at radius 1 is 1.17 bits per heavy atom. The first kappa shape index (κ1) is 20.4. The maximum Gasteiger partial charge on any atom is 0.237 e. The average molecular weight is 356 g/mol. The highest BCUT2D eigenvalue weighted by atomic mass is 35.5. The lowest BCUT2D eigenvalue weighted by atomic mass is 9.92. The Bertz CT molecular complexity index is 507. The first-order valence-electron chi connectivity index (χ1n) is 8.08. The normalized spacial score (nSPS) is 15.9. The maximum absolute atomic E-state index is 12.0. The minimum Gasteiger partial charge on any atom is -0.381 e. The fraction of sp³-hybridized carbons (Fsp3) is 0.529. The summed E-state index contributed by atoms with van der Waals surface area (Å²) >= 11 is 0. The van der Waals surface area contributed by atoms with Gasteiger partial charge in [0.2, 0.25) is 11.8 Å². The van der Waals surface area contributed by atoms with Crippen LogP contribution in [0.2, 0.25) is 0 Å². The van der Waals surface area contributed by atoms with Gasteiger partial charge in [0.05, 0.1) is 6.04 Å². The van der Waals surface area contributed by atoms with Crippen molar-refractivity contribution in [1.82, 2.24) is 10.6 Å². The van der Waals surface area contributed by atoms with Crippen molar-refractivity contribution in [3.63, 3.8) is 0 Å². The first-order chi connectivity index (χ1) is 11.2. The highest BCUT2D eigenvalue weighted by Gasteiger charge is 2.26. The molecule has 0 bridgehead atoms. The molecular weight excluding hydrogens is 330 g/mol. The maximum atomic E-state index is 12.0. The second-order valence-electron chi connectivity index (χ2n) is 5.78. The molecule has 0 saturated carbocycles. The number of rotatable bonds is 7. The predicted octanol–water partition coefficient (Wildman–Crippen LogP) is 0.985. The van der Waals surface area contributed by atoms with Gasteiger partial charge in [-0.3, -0.25) is 9.59 Å². The van der Waals surface area contributed by atoms with Crippen LogP contribution in [0.4, 0.5) is 0 Å². The Hall–Kier alpha value is -1.63. The van der Waals surface area contributed by atoms with Crippen LogP contribution in [0.1, 0.15) is 24.8 Å². The van der Waals surface area contributed by atoms with Crippen LogP contribution in [-0.4, -0.2) is 37.6 Å². The Kier molecular flexibility index (Phi) is 9.37. The molecule has 0 aliphatic carbocycles. The molecule has 2 rings (SSSR count). The molecule has 1 aliphatic heterocycles. The van der Waals surface area contributed by atoms with Crippen molar-refractivity contribution in [3.8, 4) is 0 Å². The number of nitrogens with two attached hydrogens (primary N) is 1. The summed E-state index contributed by atoms with van der Waals surface area (Å²) in [5.41, 5.74) is 7.02. The number of ether oxygens (including phenoxy) is 1. The van der Waals surface area contributed by atoms with Gasteiger partial charge in [0.15, 0.2) is 0 Å². The van der Waals surface area contributed by atoms with E-state index in [1.54, 1.807) is 0 Å². The van der Waals surface area contributed by atoms with Crippen LogP contribution in [0.15, 0.2) is 30.3 Å². The molecule has 0 aromatic heterocycles. The number of carbonyl (C=O) groups is 2. The van der Waals surface area contributed by atoms with Crippen molar-refractivity contribution in [2.24, 2.45) is 11.7 Å². The number of hydrogen-bond acceptors (Lipinski definition) is 4. The van der Waals surface area contributed by atoms with Crippen LogP contribution in [0, 0.1) is 5.92 Å². The lowest BCUT2D eigenvalue weighted by molar-refractivity contribution is -0.124. The molecule has 1 atom stereocenters. The Morgan fingerprint density at radius 2 is 1.83 bits per heavy atom. The van der Waals surface area contributed by atoms with Crippen LogP contribution >= 0.6 is 12.4 Å². The van der Waals surface area contributed by atoms with Crippen molar-refractivity contribution in [2.45, 2.75) is 31.8 Å². The molecule has 1 aromatic carbocycles. The van der Waals surface area contributed by atoms with Gasteiger partial charge in [0.25, 0.3) is 0 Å². The van der Waals surface area contributed by atoms with Crippen molar-refractivity contribution < 1.29 is 14.3 Å². The molecule has 0 radical (unpaired) electrons. The molecule has 1 saturated heterocycles. The molecule has 1 aliphatic rings. The van der Waals surface area contributed by atoms with Gasteiger partial charge in [0, 0.05) is 32.7 Å². The van der Waals surface area contributed by atoms with Crippen molar-refractivity contribution in [2.75, 3.05) is 19.8 Å². The third kappa shape index (κ3) is 6.86. The van der Waals surface area contributed by atoms with E-state index >= 15 is 0 Å². The molecular formula is C17H26ClN3O3. The summed E-state index contributed by atoms with van der Waals surface area (Å²) < 4.78 is 5.27. The standard InChI is InChI=1S/C17H25N3O3.ClH/c18-16(14-7-10-23-11-8-14)17(22)19-9-6-15(21)20-12-13-4-2-1-3-5-13;/h1-5,14,16H,6-12,18H2,(H,19,22)(H,20,21);1H. The van der Waals surface area contributed by atoms with Gasteiger partial charge in [-0.25, -0.2) is 0 Å². The van der Waals surface area contributed by atoms with Gasteiger partial charge in [-0.05, 0) is 24.3 Å². The first-order valence-corrected chi connectivity index (χ1v) is 8.08. The molecule has 6 nitrogen and oxygen atoms in total. The molecule has 1 heterocycles. The Morgan fingerprint density at radius 3 is 2.50 bits per heavy atom. The predicted molar refractivity (Wildman–Crippen MR) is 94.7 cm³/mol. The minimum atomic E-state index is -0.522. The smallest absolute Gasteiger partial charge is 0.237 e. The molecule has 134 valence electrons. The molecule has 2 amide bonds. The van der Waals surface area contributed by atoms with Gasteiger partial charge < -0.3 is 21.1 Å². The summed E-state index contributed by atoms with van der Waals surface area (Å²) in [7, 11) is 0. The van der Waals surface area contributed by atoms with E-state index in [1.807, 2.05) is 30.3 Å². The van der Waals surface area contributed by atoms with Gasteiger partial charge in [0.1, 0.15) is 0 Å². The van der Waals surface area contributed by atoms with E-state index in [2.05, 4.69) is 10.6 Å². The SMILES string of the molecule is Cl.NC(C(=O)NCCC(=O)NCc1ccccc1)C1CCOCC1. The molecule has 24 heavy (non-hydrogen) atoms. The molecule has 7 heteroatoms. The highest BCUT2D eigenvalue weighted by molar-refractivity contribution is 5.85. The van der Waals surface area contributed by atoms with Crippen LogP contribution in [0.5, 0.6) is 0 Å². The fourth-order valence-corrected chi connectivity index (χ4v) is 2.59. The summed E-state index contributed by atoms with van der Waals surface area (Å²) in [4.78, 5) is 23.8.